The summed E-state index contributed by atoms with van der Waals surface area (Å²) in [6.45, 7) is 0.430. The molecule has 0 atom stereocenters. The van der Waals surface area contributed by atoms with Gasteiger partial charge in [0.25, 0.3) is 5.91 Å². The van der Waals surface area contributed by atoms with Crippen LogP contribution in [0.15, 0.2) is 48.5 Å². The van der Waals surface area contributed by atoms with E-state index in [2.05, 4.69) is 33.2 Å². The molecule has 2 aromatic carbocycles. The lowest BCUT2D eigenvalue weighted by Gasteiger charge is -2.30. The third-order valence-electron chi connectivity index (χ3n) is 5.17. The summed E-state index contributed by atoms with van der Waals surface area (Å²) in [5, 5.41) is 5.62. The van der Waals surface area contributed by atoms with Gasteiger partial charge in [-0.15, -0.1) is 0 Å². The van der Waals surface area contributed by atoms with Gasteiger partial charge in [0.05, 0.1) is 12.1 Å². The molecule has 4 nitrogen and oxygen atoms in total. The molecular weight excluding hydrogens is 458 g/mol. The Labute approximate surface area is 172 Å². The number of hydrogen-bond donors (Lipinski definition) is 2. The van der Waals surface area contributed by atoms with Crippen LogP contribution in [0, 0.1) is 9.39 Å². The highest BCUT2D eigenvalue weighted by atomic mass is 127. The number of amides is 2. The van der Waals surface area contributed by atoms with Crippen LogP contribution < -0.4 is 10.6 Å². The van der Waals surface area contributed by atoms with Crippen LogP contribution in [-0.4, -0.2) is 24.9 Å². The van der Waals surface area contributed by atoms with Crippen molar-refractivity contribution < 1.29 is 14.0 Å². The lowest BCUT2D eigenvalue weighted by Crippen LogP contribution is -2.43. The Bertz CT molecular complexity index is 817. The van der Waals surface area contributed by atoms with Crippen molar-refractivity contribution in [2.24, 2.45) is 0 Å². The molecule has 0 unspecified atom stereocenters. The first-order chi connectivity index (χ1) is 13.0. The topological polar surface area (TPSA) is 58.2 Å². The molecule has 0 heterocycles. The number of benzene rings is 2. The van der Waals surface area contributed by atoms with E-state index in [4.69, 9.17) is 0 Å². The van der Waals surface area contributed by atoms with Crippen LogP contribution in [0.5, 0.6) is 0 Å². The van der Waals surface area contributed by atoms with E-state index in [0.717, 1.165) is 34.8 Å². The van der Waals surface area contributed by atoms with Crippen LogP contribution in [0.3, 0.4) is 0 Å². The molecule has 1 fully saturated rings. The summed E-state index contributed by atoms with van der Waals surface area (Å²) >= 11 is 2.10. The van der Waals surface area contributed by atoms with E-state index in [-0.39, 0.29) is 29.6 Å². The molecule has 142 valence electrons. The van der Waals surface area contributed by atoms with Gasteiger partial charge in [0.1, 0.15) is 5.82 Å². The number of nitrogens with one attached hydrogen (secondary N) is 2. The first-order valence-electron chi connectivity index (χ1n) is 9.06. The van der Waals surface area contributed by atoms with Crippen molar-refractivity contribution in [2.75, 3.05) is 13.1 Å². The number of rotatable bonds is 6. The van der Waals surface area contributed by atoms with E-state index in [9.17, 15) is 14.0 Å². The fraction of sp³-hybridized carbons (Fsp3) is 0.333. The molecule has 0 spiro atoms. The summed E-state index contributed by atoms with van der Waals surface area (Å²) in [7, 11) is 0. The summed E-state index contributed by atoms with van der Waals surface area (Å²) in [4.78, 5) is 24.5. The van der Waals surface area contributed by atoms with Crippen molar-refractivity contribution in [2.45, 2.75) is 31.1 Å². The van der Waals surface area contributed by atoms with E-state index in [1.165, 1.54) is 12.1 Å². The minimum atomic E-state index is -0.260. The van der Waals surface area contributed by atoms with E-state index in [0.29, 0.717) is 12.1 Å². The van der Waals surface area contributed by atoms with Crippen molar-refractivity contribution in [1.29, 1.82) is 0 Å². The van der Waals surface area contributed by atoms with Crippen LogP contribution in [0.25, 0.3) is 0 Å². The Morgan fingerprint density at radius 1 is 1.00 bits per heavy atom. The van der Waals surface area contributed by atoms with E-state index >= 15 is 0 Å². The highest BCUT2D eigenvalue weighted by molar-refractivity contribution is 14.1. The molecule has 0 saturated heterocycles. The molecule has 0 bridgehead atoms. The van der Waals surface area contributed by atoms with Crippen LogP contribution >= 0.6 is 22.6 Å². The molecule has 0 radical (unpaired) electrons. The van der Waals surface area contributed by atoms with Crippen LogP contribution in [0.2, 0.25) is 0 Å². The predicted octanol–water partition coefficient (Wildman–Crippen LogP) is 3.79. The highest BCUT2D eigenvalue weighted by Gasteiger charge is 2.35. The molecule has 0 aromatic heterocycles. The van der Waals surface area contributed by atoms with Crippen molar-refractivity contribution in [3.8, 4) is 0 Å². The third-order valence-corrected chi connectivity index (χ3v) is 6.11. The van der Waals surface area contributed by atoms with E-state index in [1.807, 2.05) is 24.3 Å². The van der Waals surface area contributed by atoms with Gasteiger partial charge in [0, 0.05) is 15.5 Å². The number of hydrogen-bond acceptors (Lipinski definition) is 2. The lowest BCUT2D eigenvalue weighted by molar-refractivity contribution is -0.120. The molecular formula is C21H22FIN2O2. The SMILES string of the molecule is O=C(CNC(=O)c1ccccc1I)NCC1(c2ccc(F)cc2)CCCC1. The molecule has 2 amide bonds. The average Bonchev–Trinajstić information content (AvgIpc) is 3.15. The first-order valence-corrected chi connectivity index (χ1v) is 10.1. The first kappa shape index (κ1) is 19.8. The van der Waals surface area contributed by atoms with Gasteiger partial charge in [0.2, 0.25) is 5.91 Å². The van der Waals surface area contributed by atoms with Crippen LogP contribution in [0.4, 0.5) is 4.39 Å². The summed E-state index contributed by atoms with van der Waals surface area (Å²) in [5.41, 5.74) is 1.47. The molecule has 0 aliphatic heterocycles. The van der Waals surface area contributed by atoms with Gasteiger partial charge in [-0.1, -0.05) is 37.1 Å². The molecule has 27 heavy (non-hydrogen) atoms. The molecule has 1 saturated carbocycles. The smallest absolute Gasteiger partial charge is 0.252 e. The zero-order valence-electron chi connectivity index (χ0n) is 14.9. The Kier molecular flexibility index (Phi) is 6.46. The van der Waals surface area contributed by atoms with Crippen molar-refractivity contribution in [1.82, 2.24) is 10.6 Å². The number of halogens is 2. The third kappa shape index (κ3) is 4.86. The Morgan fingerprint density at radius 2 is 1.67 bits per heavy atom. The molecule has 1 aliphatic rings. The summed E-state index contributed by atoms with van der Waals surface area (Å²) < 4.78 is 14.1. The van der Waals surface area contributed by atoms with Gasteiger partial charge in [-0.3, -0.25) is 9.59 Å². The van der Waals surface area contributed by atoms with Crippen molar-refractivity contribution in [3.63, 3.8) is 0 Å². The molecule has 6 heteroatoms. The lowest BCUT2D eigenvalue weighted by atomic mass is 9.79. The van der Waals surface area contributed by atoms with Gasteiger partial charge < -0.3 is 10.6 Å². The monoisotopic (exact) mass is 480 g/mol. The van der Waals surface area contributed by atoms with Gasteiger partial charge in [-0.2, -0.15) is 0 Å². The van der Waals surface area contributed by atoms with Crippen molar-refractivity contribution >= 4 is 34.4 Å². The zero-order chi connectivity index (χ0) is 19.3. The maximum Gasteiger partial charge on any atom is 0.252 e. The minimum absolute atomic E-state index is 0.0662. The van der Waals surface area contributed by atoms with E-state index in [1.54, 1.807) is 12.1 Å². The van der Waals surface area contributed by atoms with Crippen LogP contribution in [-0.2, 0) is 10.2 Å². The van der Waals surface area contributed by atoms with E-state index < -0.39 is 0 Å². The van der Waals surface area contributed by atoms with Gasteiger partial charge in [0.15, 0.2) is 0 Å². The Morgan fingerprint density at radius 3 is 2.33 bits per heavy atom. The molecule has 3 rings (SSSR count). The predicted molar refractivity (Wildman–Crippen MR) is 111 cm³/mol. The standard InChI is InChI=1S/C21H22FIN2O2/c22-16-9-7-15(8-10-16)21(11-3-4-12-21)14-25-19(26)13-24-20(27)17-5-1-2-6-18(17)23/h1-2,5-10H,3-4,11-14H2,(H,24,27)(H,25,26). The second-order valence-electron chi connectivity index (χ2n) is 6.93. The summed E-state index contributed by atoms with van der Waals surface area (Å²) in [6.07, 6.45) is 4.12. The fourth-order valence-electron chi connectivity index (χ4n) is 3.65. The highest BCUT2D eigenvalue weighted by Crippen LogP contribution is 2.40. The maximum atomic E-state index is 13.2. The number of carbonyl (C=O) groups excluding carboxylic acids is 2. The Hall–Kier alpha value is -1.96. The summed E-state index contributed by atoms with van der Waals surface area (Å²) in [6, 6.07) is 13.8. The van der Waals surface area contributed by atoms with Gasteiger partial charge in [-0.25, -0.2) is 4.39 Å². The second-order valence-corrected chi connectivity index (χ2v) is 8.10. The van der Waals surface area contributed by atoms with Crippen molar-refractivity contribution in [3.05, 3.63) is 69.0 Å². The largest absolute Gasteiger partial charge is 0.354 e. The summed E-state index contributed by atoms with van der Waals surface area (Å²) in [5.74, 6) is -0.735. The normalized spacial score (nSPS) is 15.3. The average molecular weight is 480 g/mol. The molecule has 1 aliphatic carbocycles. The fourth-order valence-corrected chi connectivity index (χ4v) is 4.29. The zero-order valence-corrected chi connectivity index (χ0v) is 17.1. The maximum absolute atomic E-state index is 13.2. The number of carbonyl (C=O) groups is 2. The molecule has 2 N–H and O–H groups in total. The van der Waals surface area contributed by atoms with Crippen LogP contribution in [0.1, 0.15) is 41.6 Å². The van der Waals surface area contributed by atoms with Gasteiger partial charge >= 0.3 is 0 Å². The molecule has 2 aromatic rings. The van der Waals surface area contributed by atoms with Gasteiger partial charge in [-0.05, 0) is 65.3 Å². The second kappa shape index (κ2) is 8.82. The Balaban J connectivity index is 1.56. The minimum Gasteiger partial charge on any atom is -0.354 e. The quantitative estimate of drug-likeness (QED) is 0.619.